The Morgan fingerprint density at radius 1 is 1.11 bits per heavy atom. The minimum absolute atomic E-state index is 0.573. The molecular formula is C15H25N3. The maximum absolute atomic E-state index is 4.74. The van der Waals surface area contributed by atoms with Crippen molar-refractivity contribution in [2.75, 3.05) is 12.4 Å². The molecule has 18 heavy (non-hydrogen) atoms. The Balaban J connectivity index is 2.18. The van der Waals surface area contributed by atoms with Crippen LogP contribution in [0, 0.1) is 0 Å². The lowest BCUT2D eigenvalue weighted by Gasteiger charge is -2.19. The quantitative estimate of drug-likeness (QED) is 0.880. The minimum Gasteiger partial charge on any atom is -0.373 e. The van der Waals surface area contributed by atoms with Crippen molar-refractivity contribution in [1.82, 2.24) is 9.97 Å². The lowest BCUT2D eigenvalue weighted by atomic mass is 9.90. The predicted molar refractivity (Wildman–Crippen MR) is 76.0 cm³/mol. The number of hydrogen-bond acceptors (Lipinski definition) is 3. The Labute approximate surface area is 110 Å². The summed E-state index contributed by atoms with van der Waals surface area (Å²) < 4.78 is 0. The molecule has 0 radical (unpaired) electrons. The van der Waals surface area contributed by atoms with Gasteiger partial charge in [-0.25, -0.2) is 9.97 Å². The summed E-state index contributed by atoms with van der Waals surface area (Å²) >= 11 is 0. The molecule has 0 bridgehead atoms. The summed E-state index contributed by atoms with van der Waals surface area (Å²) in [4.78, 5) is 9.42. The summed E-state index contributed by atoms with van der Waals surface area (Å²) in [6.45, 7) is 2.16. The summed E-state index contributed by atoms with van der Waals surface area (Å²) in [5.74, 6) is 2.61. The molecule has 0 spiro atoms. The van der Waals surface area contributed by atoms with Crippen molar-refractivity contribution in [3.8, 4) is 0 Å². The number of aromatic nitrogens is 2. The average Bonchev–Trinajstić information content (AvgIpc) is 2.37. The molecule has 3 nitrogen and oxygen atoms in total. The molecule has 1 fully saturated rings. The highest BCUT2D eigenvalue weighted by atomic mass is 15.0. The van der Waals surface area contributed by atoms with Gasteiger partial charge in [0.15, 0.2) is 0 Å². The van der Waals surface area contributed by atoms with Crippen LogP contribution in [0.3, 0.4) is 0 Å². The highest BCUT2D eigenvalue weighted by Crippen LogP contribution is 2.29. The fourth-order valence-corrected chi connectivity index (χ4v) is 2.72. The standard InChI is InChI=1S/C15H25N3/c1-3-13-11-14(16-2)18-15(17-13)12-9-7-5-4-6-8-10-12/h11-12H,3-10H2,1-2H3,(H,16,17,18). The third-order valence-corrected chi connectivity index (χ3v) is 3.89. The molecule has 0 aliphatic heterocycles. The SMILES string of the molecule is CCc1cc(NC)nc(C2CCCCCCC2)n1. The number of nitrogens with one attached hydrogen (secondary N) is 1. The topological polar surface area (TPSA) is 37.8 Å². The van der Waals surface area contributed by atoms with E-state index in [1.807, 2.05) is 7.05 Å². The third kappa shape index (κ3) is 3.44. The van der Waals surface area contributed by atoms with Gasteiger partial charge in [-0.2, -0.15) is 0 Å². The molecule has 0 aromatic carbocycles. The predicted octanol–water partition coefficient (Wildman–Crippen LogP) is 3.91. The van der Waals surface area contributed by atoms with Crippen molar-refractivity contribution >= 4 is 5.82 Å². The molecule has 1 aromatic rings. The van der Waals surface area contributed by atoms with E-state index in [4.69, 9.17) is 4.98 Å². The van der Waals surface area contributed by atoms with E-state index in [-0.39, 0.29) is 0 Å². The lowest BCUT2D eigenvalue weighted by Crippen LogP contribution is -2.10. The van der Waals surface area contributed by atoms with Crippen LogP contribution < -0.4 is 5.32 Å². The fourth-order valence-electron chi connectivity index (χ4n) is 2.72. The highest BCUT2D eigenvalue weighted by Gasteiger charge is 2.17. The van der Waals surface area contributed by atoms with Gasteiger partial charge in [-0.15, -0.1) is 0 Å². The van der Waals surface area contributed by atoms with E-state index >= 15 is 0 Å². The zero-order valence-electron chi connectivity index (χ0n) is 11.7. The summed E-state index contributed by atoms with van der Waals surface area (Å²) in [5.41, 5.74) is 1.16. The van der Waals surface area contributed by atoms with E-state index in [9.17, 15) is 0 Å². The summed E-state index contributed by atoms with van der Waals surface area (Å²) in [6.07, 6.45) is 10.3. The zero-order chi connectivity index (χ0) is 12.8. The summed E-state index contributed by atoms with van der Waals surface area (Å²) in [7, 11) is 1.93. The maximum Gasteiger partial charge on any atom is 0.134 e. The molecule has 2 rings (SSSR count). The van der Waals surface area contributed by atoms with Gasteiger partial charge in [-0.1, -0.05) is 39.0 Å². The van der Waals surface area contributed by atoms with Crippen molar-refractivity contribution < 1.29 is 0 Å². The minimum atomic E-state index is 0.573. The van der Waals surface area contributed by atoms with Gasteiger partial charge >= 0.3 is 0 Å². The Hall–Kier alpha value is -1.12. The molecule has 1 heterocycles. The molecule has 1 saturated carbocycles. The highest BCUT2D eigenvalue weighted by molar-refractivity contribution is 5.35. The monoisotopic (exact) mass is 247 g/mol. The van der Waals surface area contributed by atoms with Gasteiger partial charge in [0, 0.05) is 24.7 Å². The first kappa shape index (κ1) is 13.3. The number of aryl methyl sites for hydroxylation is 1. The normalized spacial score (nSPS) is 18.1. The van der Waals surface area contributed by atoms with Gasteiger partial charge in [0.1, 0.15) is 11.6 Å². The molecule has 3 heteroatoms. The molecule has 0 amide bonds. The van der Waals surface area contributed by atoms with Crippen LogP contribution in [0.5, 0.6) is 0 Å². The van der Waals surface area contributed by atoms with Crippen molar-refractivity contribution in [2.24, 2.45) is 0 Å². The van der Waals surface area contributed by atoms with E-state index in [0.29, 0.717) is 5.92 Å². The number of anilines is 1. The Morgan fingerprint density at radius 3 is 2.39 bits per heavy atom. The second kappa shape index (κ2) is 6.72. The summed E-state index contributed by atoms with van der Waals surface area (Å²) in [5, 5.41) is 3.16. The van der Waals surface area contributed by atoms with Crippen molar-refractivity contribution in [3.05, 3.63) is 17.6 Å². The molecule has 0 atom stereocenters. The first-order chi connectivity index (χ1) is 8.83. The van der Waals surface area contributed by atoms with Crippen LogP contribution in [0.2, 0.25) is 0 Å². The van der Waals surface area contributed by atoms with Gasteiger partial charge in [0.05, 0.1) is 0 Å². The first-order valence-electron chi connectivity index (χ1n) is 7.39. The van der Waals surface area contributed by atoms with Crippen LogP contribution in [0.15, 0.2) is 6.07 Å². The largest absolute Gasteiger partial charge is 0.373 e. The van der Waals surface area contributed by atoms with Crippen molar-refractivity contribution in [1.29, 1.82) is 0 Å². The second-order valence-electron chi connectivity index (χ2n) is 5.25. The van der Waals surface area contributed by atoms with E-state index in [2.05, 4.69) is 23.3 Å². The molecule has 0 saturated heterocycles. The van der Waals surface area contributed by atoms with Gasteiger partial charge in [0.25, 0.3) is 0 Å². The Bertz CT molecular complexity index is 346. The molecule has 1 N–H and O–H groups in total. The van der Waals surface area contributed by atoms with Crippen LogP contribution in [0.25, 0.3) is 0 Å². The lowest BCUT2D eigenvalue weighted by molar-refractivity contribution is 0.442. The van der Waals surface area contributed by atoms with Crippen molar-refractivity contribution in [3.63, 3.8) is 0 Å². The molecule has 1 aliphatic carbocycles. The molecule has 1 aliphatic rings. The van der Waals surface area contributed by atoms with E-state index in [0.717, 1.165) is 23.8 Å². The Morgan fingerprint density at radius 2 is 1.78 bits per heavy atom. The zero-order valence-corrected chi connectivity index (χ0v) is 11.7. The molecule has 100 valence electrons. The van der Waals surface area contributed by atoms with Crippen LogP contribution >= 0.6 is 0 Å². The Kier molecular flexibility index (Phi) is 4.97. The number of nitrogens with zero attached hydrogens (tertiary/aromatic N) is 2. The van der Waals surface area contributed by atoms with Crippen LogP contribution in [-0.2, 0) is 6.42 Å². The van der Waals surface area contributed by atoms with E-state index in [1.165, 1.54) is 44.9 Å². The molecule has 0 unspecified atom stereocenters. The smallest absolute Gasteiger partial charge is 0.134 e. The maximum atomic E-state index is 4.74. The fraction of sp³-hybridized carbons (Fsp3) is 0.733. The summed E-state index contributed by atoms with van der Waals surface area (Å²) in [6, 6.07) is 2.06. The van der Waals surface area contributed by atoms with Crippen LogP contribution in [0.4, 0.5) is 5.82 Å². The third-order valence-electron chi connectivity index (χ3n) is 3.89. The van der Waals surface area contributed by atoms with Crippen LogP contribution in [-0.4, -0.2) is 17.0 Å². The van der Waals surface area contributed by atoms with Gasteiger partial charge in [0.2, 0.25) is 0 Å². The van der Waals surface area contributed by atoms with Gasteiger partial charge < -0.3 is 5.32 Å². The van der Waals surface area contributed by atoms with Gasteiger partial charge in [-0.05, 0) is 19.3 Å². The van der Waals surface area contributed by atoms with E-state index in [1.54, 1.807) is 0 Å². The van der Waals surface area contributed by atoms with E-state index < -0.39 is 0 Å². The molecule has 1 aromatic heterocycles. The second-order valence-corrected chi connectivity index (χ2v) is 5.25. The number of rotatable bonds is 3. The number of hydrogen-bond donors (Lipinski definition) is 1. The average molecular weight is 247 g/mol. The van der Waals surface area contributed by atoms with Crippen molar-refractivity contribution in [2.45, 2.75) is 64.2 Å². The van der Waals surface area contributed by atoms with Gasteiger partial charge in [-0.3, -0.25) is 0 Å². The van der Waals surface area contributed by atoms with Crippen LogP contribution in [0.1, 0.15) is 69.3 Å². The molecular weight excluding hydrogens is 222 g/mol. The first-order valence-corrected chi connectivity index (χ1v) is 7.39.